The molecular weight excluding hydrogens is 319 g/mol. The van der Waals surface area contributed by atoms with E-state index in [2.05, 4.69) is 15.9 Å². The molecule has 0 unspecified atom stereocenters. The smallest absolute Gasteiger partial charge is 0.407 e. The van der Waals surface area contributed by atoms with Gasteiger partial charge in [-0.3, -0.25) is 4.79 Å². The van der Waals surface area contributed by atoms with E-state index in [4.69, 9.17) is 5.11 Å². The number of carboxylic acid groups (broad SMARTS) is 1. The second kappa shape index (κ2) is 5.56. The van der Waals surface area contributed by atoms with Gasteiger partial charge in [-0.05, 0) is 12.1 Å². The molecule has 1 N–H and O–H groups in total. The van der Waals surface area contributed by atoms with E-state index in [1.54, 1.807) is 6.07 Å². The number of piperazine rings is 1. The zero-order valence-corrected chi connectivity index (χ0v) is 11.6. The number of anilines is 1. The number of benzene rings is 1. The van der Waals surface area contributed by atoms with Crippen molar-refractivity contribution in [2.24, 2.45) is 0 Å². The molecule has 0 saturated carbocycles. The van der Waals surface area contributed by atoms with Crippen LogP contribution in [0.5, 0.6) is 0 Å². The SMILES string of the molecule is O=Cc1c(F)cc(Br)cc1N1CCN(C(=O)O)CC1. The molecule has 0 aromatic heterocycles. The summed E-state index contributed by atoms with van der Waals surface area (Å²) in [4.78, 5) is 24.9. The quantitative estimate of drug-likeness (QED) is 0.844. The molecule has 19 heavy (non-hydrogen) atoms. The van der Waals surface area contributed by atoms with Crippen LogP contribution in [-0.2, 0) is 0 Å². The van der Waals surface area contributed by atoms with E-state index in [9.17, 15) is 14.0 Å². The number of carbonyl (C=O) groups excluding carboxylic acids is 1. The van der Waals surface area contributed by atoms with Gasteiger partial charge in [0.05, 0.1) is 11.3 Å². The molecule has 1 aliphatic rings. The van der Waals surface area contributed by atoms with E-state index in [-0.39, 0.29) is 5.56 Å². The molecule has 0 atom stereocenters. The summed E-state index contributed by atoms with van der Waals surface area (Å²) >= 11 is 3.19. The first-order valence-corrected chi connectivity index (χ1v) is 6.49. The number of hydrogen-bond acceptors (Lipinski definition) is 3. The highest BCUT2D eigenvalue weighted by atomic mass is 79.9. The van der Waals surface area contributed by atoms with E-state index in [1.165, 1.54) is 11.0 Å². The Morgan fingerprint density at radius 1 is 1.32 bits per heavy atom. The zero-order chi connectivity index (χ0) is 14.0. The van der Waals surface area contributed by atoms with Gasteiger partial charge in [-0.25, -0.2) is 9.18 Å². The first-order chi connectivity index (χ1) is 9.02. The molecule has 102 valence electrons. The summed E-state index contributed by atoms with van der Waals surface area (Å²) in [5.74, 6) is -0.583. The molecule has 1 aromatic carbocycles. The number of hydrogen-bond donors (Lipinski definition) is 1. The van der Waals surface area contributed by atoms with Crippen LogP contribution in [-0.4, -0.2) is 48.6 Å². The van der Waals surface area contributed by atoms with E-state index >= 15 is 0 Å². The Morgan fingerprint density at radius 2 is 1.95 bits per heavy atom. The third kappa shape index (κ3) is 2.86. The highest BCUT2D eigenvalue weighted by Crippen LogP contribution is 2.27. The van der Waals surface area contributed by atoms with Gasteiger partial charge >= 0.3 is 6.09 Å². The van der Waals surface area contributed by atoms with Gasteiger partial charge in [0.1, 0.15) is 5.82 Å². The minimum atomic E-state index is -0.962. The number of carbonyl (C=O) groups is 2. The van der Waals surface area contributed by atoms with Crippen LogP contribution in [0, 0.1) is 5.82 Å². The summed E-state index contributed by atoms with van der Waals surface area (Å²) in [5, 5.41) is 8.87. The Kier molecular flexibility index (Phi) is 4.04. The molecule has 1 saturated heterocycles. The van der Waals surface area contributed by atoms with Crippen LogP contribution in [0.15, 0.2) is 16.6 Å². The lowest BCUT2D eigenvalue weighted by Gasteiger charge is -2.35. The standard InChI is InChI=1S/C12H12BrFN2O3/c13-8-5-10(14)9(7-17)11(6-8)15-1-3-16(4-2-15)12(18)19/h5-7H,1-4H2,(H,18,19). The van der Waals surface area contributed by atoms with Crippen LogP contribution < -0.4 is 4.90 Å². The molecule has 1 heterocycles. The normalized spacial score (nSPS) is 15.5. The highest BCUT2D eigenvalue weighted by molar-refractivity contribution is 9.10. The van der Waals surface area contributed by atoms with Crippen molar-refractivity contribution >= 4 is 34.0 Å². The first-order valence-electron chi connectivity index (χ1n) is 5.70. The second-order valence-corrected chi connectivity index (χ2v) is 5.11. The van der Waals surface area contributed by atoms with Crippen molar-refractivity contribution in [2.45, 2.75) is 0 Å². The van der Waals surface area contributed by atoms with Crippen LogP contribution >= 0.6 is 15.9 Å². The molecule has 0 aliphatic carbocycles. The minimum absolute atomic E-state index is 0.00646. The maximum atomic E-state index is 13.7. The van der Waals surface area contributed by atoms with Gasteiger partial charge in [-0.1, -0.05) is 15.9 Å². The van der Waals surface area contributed by atoms with Crippen LogP contribution in [0.1, 0.15) is 10.4 Å². The fourth-order valence-corrected chi connectivity index (χ4v) is 2.51. The predicted octanol–water partition coefficient (Wildman–Crippen LogP) is 2.20. The molecule has 7 heteroatoms. The summed E-state index contributed by atoms with van der Waals surface area (Å²) < 4.78 is 14.2. The maximum Gasteiger partial charge on any atom is 0.407 e. The van der Waals surface area contributed by atoms with Crippen molar-refractivity contribution in [1.29, 1.82) is 0 Å². The number of nitrogens with zero attached hydrogens (tertiary/aromatic N) is 2. The summed E-state index contributed by atoms with van der Waals surface area (Å²) in [6, 6.07) is 2.91. The van der Waals surface area contributed by atoms with Crippen molar-refractivity contribution in [3.8, 4) is 0 Å². The van der Waals surface area contributed by atoms with Crippen LogP contribution in [0.25, 0.3) is 0 Å². The van der Waals surface area contributed by atoms with Gasteiger partial charge in [0.15, 0.2) is 6.29 Å². The van der Waals surface area contributed by atoms with Gasteiger partial charge in [0.25, 0.3) is 0 Å². The zero-order valence-electron chi connectivity index (χ0n) is 9.97. The van der Waals surface area contributed by atoms with Crippen molar-refractivity contribution in [2.75, 3.05) is 31.1 Å². The van der Waals surface area contributed by atoms with E-state index < -0.39 is 11.9 Å². The lowest BCUT2D eigenvalue weighted by Crippen LogP contribution is -2.48. The molecular formula is C12H12BrFN2O3. The fourth-order valence-electron chi connectivity index (χ4n) is 2.09. The molecule has 1 aliphatic heterocycles. The van der Waals surface area contributed by atoms with E-state index in [0.29, 0.717) is 42.6 Å². The van der Waals surface area contributed by atoms with Gasteiger partial charge in [-0.2, -0.15) is 0 Å². The molecule has 0 bridgehead atoms. The van der Waals surface area contributed by atoms with Crippen LogP contribution in [0.3, 0.4) is 0 Å². The number of halogens is 2. The number of rotatable bonds is 2. The van der Waals surface area contributed by atoms with E-state index in [0.717, 1.165) is 0 Å². The maximum absolute atomic E-state index is 13.7. The van der Waals surface area contributed by atoms with Crippen LogP contribution in [0.2, 0.25) is 0 Å². The number of aldehydes is 1. The fraction of sp³-hybridized carbons (Fsp3) is 0.333. The summed E-state index contributed by atoms with van der Waals surface area (Å²) in [5.41, 5.74) is 0.499. The number of amides is 1. The van der Waals surface area contributed by atoms with E-state index in [1.807, 2.05) is 4.90 Å². The highest BCUT2D eigenvalue weighted by Gasteiger charge is 2.23. The van der Waals surface area contributed by atoms with Crippen molar-refractivity contribution in [3.63, 3.8) is 0 Å². The third-order valence-electron chi connectivity index (χ3n) is 3.08. The topological polar surface area (TPSA) is 60.9 Å². The van der Waals surface area contributed by atoms with Crippen molar-refractivity contribution in [1.82, 2.24) is 4.90 Å². The molecule has 1 aromatic rings. The lowest BCUT2D eigenvalue weighted by atomic mass is 10.1. The monoisotopic (exact) mass is 330 g/mol. The second-order valence-electron chi connectivity index (χ2n) is 4.19. The van der Waals surface area contributed by atoms with Gasteiger partial charge in [0.2, 0.25) is 0 Å². The van der Waals surface area contributed by atoms with Gasteiger partial charge in [-0.15, -0.1) is 0 Å². The van der Waals surface area contributed by atoms with Crippen molar-refractivity contribution in [3.05, 3.63) is 28.0 Å². The Labute approximate surface area is 117 Å². The average Bonchev–Trinajstić information content (AvgIpc) is 2.38. The Bertz CT molecular complexity index is 516. The third-order valence-corrected chi connectivity index (χ3v) is 3.54. The van der Waals surface area contributed by atoms with Crippen LogP contribution in [0.4, 0.5) is 14.9 Å². The van der Waals surface area contributed by atoms with Gasteiger partial charge in [0, 0.05) is 30.7 Å². The Balaban J connectivity index is 2.24. The Hall–Kier alpha value is -1.63. The summed E-state index contributed by atoms with van der Waals surface area (Å²) in [7, 11) is 0. The summed E-state index contributed by atoms with van der Waals surface area (Å²) in [6.07, 6.45) is -0.476. The Morgan fingerprint density at radius 3 is 2.47 bits per heavy atom. The van der Waals surface area contributed by atoms with Gasteiger partial charge < -0.3 is 14.9 Å². The molecule has 5 nitrogen and oxygen atoms in total. The molecule has 0 radical (unpaired) electrons. The minimum Gasteiger partial charge on any atom is -0.465 e. The average molecular weight is 331 g/mol. The molecule has 1 fully saturated rings. The van der Waals surface area contributed by atoms with Crippen molar-refractivity contribution < 1.29 is 19.1 Å². The summed E-state index contributed by atoms with van der Waals surface area (Å²) in [6.45, 7) is 1.54. The lowest BCUT2D eigenvalue weighted by molar-refractivity contribution is 0.111. The predicted molar refractivity (Wildman–Crippen MR) is 71.3 cm³/mol. The molecule has 1 amide bonds. The molecule has 2 rings (SSSR count). The molecule has 0 spiro atoms. The first kappa shape index (κ1) is 13.8. The largest absolute Gasteiger partial charge is 0.465 e.